The molecule has 0 bridgehead atoms. The fraction of sp³-hybridized carbons (Fsp3) is 0.267. The zero-order chi connectivity index (χ0) is 13.7. The number of hydrogen-bond donors (Lipinski definition) is 1. The Labute approximate surface area is 118 Å². The minimum Gasteiger partial charge on any atom is -0.495 e. The van der Waals surface area contributed by atoms with Crippen LogP contribution in [0.4, 0.5) is 0 Å². The van der Waals surface area contributed by atoms with E-state index in [9.17, 15) is 0 Å². The Bertz CT molecular complexity index is 531. The maximum Gasteiger partial charge on any atom is 0.137 e. The highest BCUT2D eigenvalue weighted by Gasteiger charge is 2.06. The van der Waals surface area contributed by atoms with Crippen molar-refractivity contribution in [2.24, 2.45) is 0 Å². The largest absolute Gasteiger partial charge is 0.495 e. The first-order valence-electron chi connectivity index (χ1n) is 6.16. The lowest BCUT2D eigenvalue weighted by atomic mass is 10.1. The van der Waals surface area contributed by atoms with Gasteiger partial charge in [-0.3, -0.25) is 4.98 Å². The van der Waals surface area contributed by atoms with E-state index in [1.807, 2.05) is 30.5 Å². The van der Waals surface area contributed by atoms with E-state index < -0.39 is 0 Å². The van der Waals surface area contributed by atoms with Gasteiger partial charge in [-0.05, 0) is 36.2 Å². The average Bonchev–Trinajstić information content (AvgIpc) is 2.46. The summed E-state index contributed by atoms with van der Waals surface area (Å²) >= 11 is 6.10. The standard InChI is InChI=1S/C15H17ClN2O/c1-11(13-4-3-7-17-10-13)18-9-12-5-6-15(19-2)14(16)8-12/h3-8,10-11,18H,9H2,1-2H3. The second-order valence-corrected chi connectivity index (χ2v) is 4.77. The Morgan fingerprint density at radius 3 is 2.84 bits per heavy atom. The molecule has 1 aromatic heterocycles. The van der Waals surface area contributed by atoms with Crippen molar-refractivity contribution < 1.29 is 4.74 Å². The highest BCUT2D eigenvalue weighted by atomic mass is 35.5. The predicted molar refractivity (Wildman–Crippen MR) is 77.5 cm³/mol. The third-order valence-electron chi connectivity index (χ3n) is 3.01. The lowest BCUT2D eigenvalue weighted by Crippen LogP contribution is -2.18. The molecule has 0 aliphatic carbocycles. The van der Waals surface area contributed by atoms with E-state index in [4.69, 9.17) is 16.3 Å². The van der Waals surface area contributed by atoms with Gasteiger partial charge in [0.1, 0.15) is 5.75 Å². The van der Waals surface area contributed by atoms with Crippen molar-refractivity contribution in [3.05, 3.63) is 58.9 Å². The molecule has 4 heteroatoms. The van der Waals surface area contributed by atoms with Gasteiger partial charge in [-0.25, -0.2) is 0 Å². The smallest absolute Gasteiger partial charge is 0.137 e. The van der Waals surface area contributed by atoms with Crippen LogP contribution in [-0.4, -0.2) is 12.1 Å². The zero-order valence-electron chi connectivity index (χ0n) is 11.1. The Morgan fingerprint density at radius 2 is 2.21 bits per heavy atom. The molecule has 0 amide bonds. The Kier molecular flexibility index (Phi) is 4.77. The summed E-state index contributed by atoms with van der Waals surface area (Å²) in [5.74, 6) is 0.700. The molecule has 0 aliphatic rings. The number of benzene rings is 1. The third kappa shape index (κ3) is 3.69. The molecule has 100 valence electrons. The second-order valence-electron chi connectivity index (χ2n) is 4.36. The lowest BCUT2D eigenvalue weighted by Gasteiger charge is -2.14. The highest BCUT2D eigenvalue weighted by molar-refractivity contribution is 6.32. The number of hydrogen-bond acceptors (Lipinski definition) is 3. The zero-order valence-corrected chi connectivity index (χ0v) is 11.8. The van der Waals surface area contributed by atoms with Crippen LogP contribution in [0.15, 0.2) is 42.7 Å². The molecule has 0 spiro atoms. The maximum atomic E-state index is 6.10. The van der Waals surface area contributed by atoms with Gasteiger partial charge in [0.25, 0.3) is 0 Å². The summed E-state index contributed by atoms with van der Waals surface area (Å²) in [5, 5.41) is 4.08. The van der Waals surface area contributed by atoms with E-state index in [0.29, 0.717) is 10.8 Å². The lowest BCUT2D eigenvalue weighted by molar-refractivity contribution is 0.414. The van der Waals surface area contributed by atoms with E-state index in [1.54, 1.807) is 13.3 Å². The van der Waals surface area contributed by atoms with Gasteiger partial charge >= 0.3 is 0 Å². The molecule has 0 saturated carbocycles. The second kappa shape index (κ2) is 6.55. The number of halogens is 1. The summed E-state index contributed by atoms with van der Waals surface area (Å²) < 4.78 is 5.13. The van der Waals surface area contributed by atoms with Gasteiger partial charge in [0.05, 0.1) is 12.1 Å². The SMILES string of the molecule is COc1ccc(CNC(C)c2cccnc2)cc1Cl. The van der Waals surface area contributed by atoms with Gasteiger partial charge in [0, 0.05) is 25.0 Å². The molecular formula is C15H17ClN2O. The minimum absolute atomic E-state index is 0.245. The number of rotatable bonds is 5. The summed E-state index contributed by atoms with van der Waals surface area (Å²) in [5.41, 5.74) is 2.30. The number of aromatic nitrogens is 1. The number of ether oxygens (including phenoxy) is 1. The Hall–Kier alpha value is -1.58. The van der Waals surface area contributed by atoms with E-state index in [0.717, 1.165) is 12.1 Å². The van der Waals surface area contributed by atoms with Crippen molar-refractivity contribution in [1.29, 1.82) is 0 Å². The van der Waals surface area contributed by atoms with Crippen molar-refractivity contribution in [2.45, 2.75) is 19.5 Å². The van der Waals surface area contributed by atoms with Crippen LogP contribution in [0, 0.1) is 0 Å². The Morgan fingerprint density at radius 1 is 1.37 bits per heavy atom. The molecule has 1 heterocycles. The first kappa shape index (κ1) is 13.8. The van der Waals surface area contributed by atoms with Crippen LogP contribution in [-0.2, 0) is 6.54 Å². The summed E-state index contributed by atoms with van der Waals surface area (Å²) in [4.78, 5) is 4.12. The van der Waals surface area contributed by atoms with Gasteiger partial charge in [-0.1, -0.05) is 23.7 Å². The van der Waals surface area contributed by atoms with Crippen molar-refractivity contribution in [2.75, 3.05) is 7.11 Å². The van der Waals surface area contributed by atoms with Crippen molar-refractivity contribution in [1.82, 2.24) is 10.3 Å². The summed E-state index contributed by atoms with van der Waals surface area (Å²) in [6.45, 7) is 2.86. The first-order valence-corrected chi connectivity index (χ1v) is 6.54. The molecule has 19 heavy (non-hydrogen) atoms. The fourth-order valence-electron chi connectivity index (χ4n) is 1.84. The maximum absolute atomic E-state index is 6.10. The predicted octanol–water partition coefficient (Wildman–Crippen LogP) is 3.59. The van der Waals surface area contributed by atoms with Gasteiger partial charge in [-0.15, -0.1) is 0 Å². The highest BCUT2D eigenvalue weighted by Crippen LogP contribution is 2.25. The Balaban J connectivity index is 1.97. The molecule has 0 fully saturated rings. The van der Waals surface area contributed by atoms with E-state index in [1.165, 1.54) is 5.56 Å². The molecule has 1 aromatic carbocycles. The topological polar surface area (TPSA) is 34.1 Å². The molecule has 0 aliphatic heterocycles. The van der Waals surface area contributed by atoms with Crippen molar-refractivity contribution in [3.8, 4) is 5.75 Å². The van der Waals surface area contributed by atoms with Gasteiger partial charge in [0.2, 0.25) is 0 Å². The molecule has 2 rings (SSSR count). The molecular weight excluding hydrogens is 260 g/mol. The van der Waals surface area contributed by atoms with Gasteiger partial charge < -0.3 is 10.1 Å². The number of nitrogens with one attached hydrogen (secondary N) is 1. The number of pyridine rings is 1. The normalized spacial score (nSPS) is 12.2. The quantitative estimate of drug-likeness (QED) is 0.906. The van der Waals surface area contributed by atoms with Crippen LogP contribution in [0.25, 0.3) is 0 Å². The van der Waals surface area contributed by atoms with Crippen LogP contribution in [0.3, 0.4) is 0 Å². The van der Waals surface area contributed by atoms with E-state index in [2.05, 4.69) is 23.3 Å². The first-order chi connectivity index (χ1) is 9.20. The van der Waals surface area contributed by atoms with E-state index >= 15 is 0 Å². The van der Waals surface area contributed by atoms with Crippen molar-refractivity contribution >= 4 is 11.6 Å². The monoisotopic (exact) mass is 276 g/mol. The molecule has 1 atom stereocenters. The van der Waals surface area contributed by atoms with Crippen LogP contribution in [0.5, 0.6) is 5.75 Å². The molecule has 0 saturated heterocycles. The number of methoxy groups -OCH3 is 1. The van der Waals surface area contributed by atoms with Crippen molar-refractivity contribution in [3.63, 3.8) is 0 Å². The summed E-state index contributed by atoms with van der Waals surface area (Å²) in [6.07, 6.45) is 3.65. The van der Waals surface area contributed by atoms with Crippen LogP contribution < -0.4 is 10.1 Å². The van der Waals surface area contributed by atoms with Gasteiger partial charge in [-0.2, -0.15) is 0 Å². The minimum atomic E-state index is 0.245. The third-order valence-corrected chi connectivity index (χ3v) is 3.31. The molecule has 1 N–H and O–H groups in total. The molecule has 0 radical (unpaired) electrons. The number of nitrogens with zero attached hydrogens (tertiary/aromatic N) is 1. The summed E-state index contributed by atoms with van der Waals surface area (Å²) in [6, 6.07) is 10.1. The fourth-order valence-corrected chi connectivity index (χ4v) is 2.12. The van der Waals surface area contributed by atoms with Crippen LogP contribution in [0.2, 0.25) is 5.02 Å². The summed E-state index contributed by atoms with van der Waals surface area (Å²) in [7, 11) is 1.61. The van der Waals surface area contributed by atoms with Crippen LogP contribution in [0.1, 0.15) is 24.1 Å². The van der Waals surface area contributed by atoms with Crippen LogP contribution >= 0.6 is 11.6 Å². The molecule has 1 unspecified atom stereocenters. The molecule has 2 aromatic rings. The molecule has 3 nitrogen and oxygen atoms in total. The van der Waals surface area contributed by atoms with Gasteiger partial charge in [0.15, 0.2) is 0 Å². The average molecular weight is 277 g/mol. The van der Waals surface area contributed by atoms with E-state index in [-0.39, 0.29) is 6.04 Å².